The molecule has 0 spiro atoms. The second kappa shape index (κ2) is 9.94. The molecule has 2 aromatic carbocycles. The zero-order valence-electron chi connectivity index (χ0n) is 17.7. The van der Waals surface area contributed by atoms with Crippen LogP contribution in [0.1, 0.15) is 34.0 Å². The Hall–Kier alpha value is -4.21. The first-order valence-electron chi connectivity index (χ1n) is 10.5. The van der Waals surface area contributed by atoms with Gasteiger partial charge in [-0.3, -0.25) is 4.79 Å². The Bertz CT molecular complexity index is 1130. The number of aromatic carboxylic acids is 1. The molecule has 10 heteroatoms. The maximum Gasteiger partial charge on any atom is 0.407 e. The van der Waals surface area contributed by atoms with E-state index >= 15 is 0 Å². The number of fused-ring (bicyclic) bond motifs is 3. The number of carboxylic acid groups (broad SMARTS) is 1. The number of rotatable bonds is 9. The molecule has 0 fully saturated rings. The van der Waals surface area contributed by atoms with Crippen molar-refractivity contribution in [3.8, 4) is 11.1 Å². The van der Waals surface area contributed by atoms with E-state index in [-0.39, 0.29) is 50.2 Å². The van der Waals surface area contributed by atoms with Crippen molar-refractivity contribution in [2.45, 2.75) is 18.9 Å². The molecule has 0 aliphatic heterocycles. The van der Waals surface area contributed by atoms with Crippen LogP contribution in [0.2, 0.25) is 0 Å². The van der Waals surface area contributed by atoms with Crippen LogP contribution in [0.4, 0.5) is 4.79 Å². The summed E-state index contributed by atoms with van der Waals surface area (Å²) in [5.41, 5.74) is 4.42. The molecule has 0 saturated carbocycles. The van der Waals surface area contributed by atoms with Gasteiger partial charge in [0.1, 0.15) is 6.61 Å². The number of benzene rings is 2. The van der Waals surface area contributed by atoms with Crippen molar-refractivity contribution in [1.29, 1.82) is 0 Å². The van der Waals surface area contributed by atoms with E-state index in [0.29, 0.717) is 0 Å². The molecule has 170 valence electrons. The molecular formula is C23H23N5O5. The number of carboxylic acids is 1. The topological polar surface area (TPSA) is 135 Å². The van der Waals surface area contributed by atoms with E-state index in [1.165, 1.54) is 10.9 Å². The van der Waals surface area contributed by atoms with E-state index < -0.39 is 12.1 Å². The van der Waals surface area contributed by atoms with Crippen molar-refractivity contribution in [2.75, 3.05) is 19.7 Å². The average molecular weight is 449 g/mol. The highest BCUT2D eigenvalue weighted by Crippen LogP contribution is 2.44. The van der Waals surface area contributed by atoms with Gasteiger partial charge in [-0.15, -0.1) is 5.10 Å². The lowest BCUT2D eigenvalue weighted by Crippen LogP contribution is -2.33. The predicted molar refractivity (Wildman–Crippen MR) is 118 cm³/mol. The van der Waals surface area contributed by atoms with E-state index in [4.69, 9.17) is 9.84 Å². The first kappa shape index (κ1) is 22.0. The second-order valence-corrected chi connectivity index (χ2v) is 7.52. The largest absolute Gasteiger partial charge is 0.476 e. The highest BCUT2D eigenvalue weighted by Gasteiger charge is 2.28. The van der Waals surface area contributed by atoms with Crippen LogP contribution in [0.15, 0.2) is 54.7 Å². The number of aromatic nitrogens is 3. The smallest absolute Gasteiger partial charge is 0.407 e. The van der Waals surface area contributed by atoms with E-state index in [1.807, 2.05) is 36.4 Å². The minimum atomic E-state index is -1.16. The predicted octanol–water partition coefficient (Wildman–Crippen LogP) is 2.02. The van der Waals surface area contributed by atoms with Gasteiger partial charge >= 0.3 is 12.1 Å². The van der Waals surface area contributed by atoms with Crippen LogP contribution in [0.5, 0.6) is 0 Å². The molecule has 0 unspecified atom stereocenters. The van der Waals surface area contributed by atoms with Gasteiger partial charge < -0.3 is 20.5 Å². The monoisotopic (exact) mass is 449 g/mol. The third kappa shape index (κ3) is 5.17. The molecule has 3 N–H and O–H groups in total. The van der Waals surface area contributed by atoms with Gasteiger partial charge in [-0.1, -0.05) is 53.7 Å². The van der Waals surface area contributed by atoms with Gasteiger partial charge in [0.15, 0.2) is 5.69 Å². The summed E-state index contributed by atoms with van der Waals surface area (Å²) in [7, 11) is 0. The third-order valence-electron chi connectivity index (χ3n) is 5.39. The lowest BCUT2D eigenvalue weighted by Gasteiger charge is -2.14. The molecule has 0 saturated heterocycles. The minimum Gasteiger partial charge on any atom is -0.476 e. The van der Waals surface area contributed by atoms with Crippen molar-refractivity contribution in [1.82, 2.24) is 25.6 Å². The van der Waals surface area contributed by atoms with Gasteiger partial charge in [-0.25, -0.2) is 14.3 Å². The maximum absolute atomic E-state index is 12.1. The molecule has 10 nitrogen and oxygen atoms in total. The Labute approximate surface area is 189 Å². The summed E-state index contributed by atoms with van der Waals surface area (Å²) < 4.78 is 6.77. The molecule has 33 heavy (non-hydrogen) atoms. The fourth-order valence-electron chi connectivity index (χ4n) is 3.83. The molecule has 3 aromatic rings. The van der Waals surface area contributed by atoms with Crippen LogP contribution in [0.3, 0.4) is 0 Å². The van der Waals surface area contributed by atoms with E-state index in [1.54, 1.807) is 0 Å². The normalized spacial score (nSPS) is 12.0. The molecule has 1 aromatic heterocycles. The number of hydrogen-bond acceptors (Lipinski definition) is 6. The number of carbonyl (C=O) groups is 3. The summed E-state index contributed by atoms with van der Waals surface area (Å²) >= 11 is 0. The SMILES string of the molecule is O=C(CCNC(=O)OCC1c2ccccc2-c2ccccc21)NCCn1cc(C(=O)O)nn1. The number of amides is 2. The van der Waals surface area contributed by atoms with Crippen LogP contribution >= 0.6 is 0 Å². The number of carbonyl (C=O) groups excluding carboxylic acids is 2. The van der Waals surface area contributed by atoms with Crippen molar-refractivity contribution in [2.24, 2.45) is 0 Å². The number of nitrogens with zero attached hydrogens (tertiary/aromatic N) is 3. The van der Waals surface area contributed by atoms with Crippen LogP contribution in [-0.4, -0.2) is 57.8 Å². The molecular weight excluding hydrogens is 426 g/mol. The van der Waals surface area contributed by atoms with Crippen LogP contribution in [0.25, 0.3) is 11.1 Å². The summed E-state index contributed by atoms with van der Waals surface area (Å²) in [6.07, 6.45) is 0.795. The van der Waals surface area contributed by atoms with Gasteiger partial charge in [-0.2, -0.15) is 0 Å². The highest BCUT2D eigenvalue weighted by atomic mass is 16.5. The highest BCUT2D eigenvalue weighted by molar-refractivity contribution is 5.84. The second-order valence-electron chi connectivity index (χ2n) is 7.52. The Morgan fingerprint density at radius 3 is 2.27 bits per heavy atom. The number of ether oxygens (including phenoxy) is 1. The molecule has 0 radical (unpaired) electrons. The van der Waals surface area contributed by atoms with Crippen molar-refractivity contribution in [3.63, 3.8) is 0 Å². The van der Waals surface area contributed by atoms with Gasteiger partial charge in [0.2, 0.25) is 5.91 Å². The fraction of sp³-hybridized carbons (Fsp3) is 0.261. The van der Waals surface area contributed by atoms with E-state index in [0.717, 1.165) is 22.3 Å². The van der Waals surface area contributed by atoms with Gasteiger partial charge in [-0.05, 0) is 22.3 Å². The van der Waals surface area contributed by atoms with Crippen molar-refractivity contribution in [3.05, 3.63) is 71.5 Å². The van der Waals surface area contributed by atoms with E-state index in [2.05, 4.69) is 33.1 Å². The quantitative estimate of drug-likeness (QED) is 0.455. The Morgan fingerprint density at radius 1 is 0.970 bits per heavy atom. The molecule has 1 aliphatic carbocycles. The van der Waals surface area contributed by atoms with Gasteiger partial charge in [0, 0.05) is 25.4 Å². The van der Waals surface area contributed by atoms with Crippen molar-refractivity contribution < 1.29 is 24.2 Å². The summed E-state index contributed by atoms with van der Waals surface area (Å²) in [5, 5.41) is 21.2. The molecule has 0 bridgehead atoms. The molecule has 1 aliphatic rings. The Morgan fingerprint density at radius 2 is 1.64 bits per heavy atom. The van der Waals surface area contributed by atoms with Crippen LogP contribution < -0.4 is 10.6 Å². The summed E-state index contributed by atoms with van der Waals surface area (Å²) in [5.74, 6) is -1.44. The zero-order valence-corrected chi connectivity index (χ0v) is 17.7. The lowest BCUT2D eigenvalue weighted by atomic mass is 9.98. The van der Waals surface area contributed by atoms with E-state index in [9.17, 15) is 14.4 Å². The Kier molecular flexibility index (Phi) is 6.63. The maximum atomic E-state index is 12.1. The summed E-state index contributed by atoms with van der Waals surface area (Å²) in [4.78, 5) is 34.8. The number of alkyl carbamates (subject to hydrolysis) is 1. The minimum absolute atomic E-state index is 0.0233. The average Bonchev–Trinajstić information content (AvgIpc) is 3.41. The lowest BCUT2D eigenvalue weighted by molar-refractivity contribution is -0.121. The number of hydrogen-bond donors (Lipinski definition) is 3. The zero-order chi connectivity index (χ0) is 23.2. The van der Waals surface area contributed by atoms with Crippen LogP contribution in [-0.2, 0) is 16.1 Å². The molecule has 2 amide bonds. The van der Waals surface area contributed by atoms with Gasteiger partial charge in [0.25, 0.3) is 0 Å². The first-order chi connectivity index (χ1) is 16.0. The van der Waals surface area contributed by atoms with Crippen molar-refractivity contribution >= 4 is 18.0 Å². The van der Waals surface area contributed by atoms with Crippen LogP contribution in [0, 0.1) is 0 Å². The summed E-state index contributed by atoms with van der Waals surface area (Å²) in [6.45, 7) is 0.884. The first-order valence-corrected chi connectivity index (χ1v) is 10.5. The number of nitrogens with one attached hydrogen (secondary N) is 2. The Balaban J connectivity index is 1.17. The molecule has 1 heterocycles. The molecule has 0 atom stereocenters. The summed E-state index contributed by atoms with van der Waals surface area (Å²) in [6, 6.07) is 16.2. The standard InChI is InChI=1S/C23H23N5O5/c29-21(24-11-12-28-13-20(22(30)31)26-27-28)9-10-25-23(32)33-14-19-17-7-3-1-5-15(17)16-6-2-4-8-18(16)19/h1-8,13,19H,9-12,14H2,(H,24,29)(H,25,32)(H,30,31). The fourth-order valence-corrected chi connectivity index (χ4v) is 3.83. The third-order valence-corrected chi connectivity index (χ3v) is 5.39. The molecule has 4 rings (SSSR count). The van der Waals surface area contributed by atoms with Gasteiger partial charge in [0.05, 0.1) is 12.7 Å².